The fraction of sp³-hybridized carbons (Fsp3) is 0.240. The number of urea groups is 1. The minimum atomic E-state index is -0.756. The number of hydrogen-bond donors (Lipinski definition) is 3. The van der Waals surface area contributed by atoms with E-state index in [1.165, 1.54) is 17.8 Å². The van der Waals surface area contributed by atoms with E-state index in [-0.39, 0.29) is 24.5 Å². The van der Waals surface area contributed by atoms with Crippen LogP contribution < -0.4 is 16.2 Å². The number of aromatic hydroxyl groups is 1. The molecule has 0 saturated carbocycles. The Hall–Kier alpha value is -3.78. The largest absolute Gasteiger partial charge is 0.505 e. The van der Waals surface area contributed by atoms with E-state index in [0.29, 0.717) is 16.1 Å². The molecule has 8 nitrogen and oxygen atoms in total. The first-order valence-electron chi connectivity index (χ1n) is 10.7. The second-order valence-corrected chi connectivity index (χ2v) is 8.18. The average Bonchev–Trinajstić information content (AvgIpc) is 2.80. The molecule has 0 saturated heterocycles. The van der Waals surface area contributed by atoms with E-state index in [4.69, 9.17) is 16.3 Å². The molecule has 0 radical (unpaired) electrons. The summed E-state index contributed by atoms with van der Waals surface area (Å²) in [5, 5.41) is 16.0. The Kier molecular flexibility index (Phi) is 7.96. The average molecular weight is 484 g/mol. The number of aryl methyl sites for hydroxylation is 2. The van der Waals surface area contributed by atoms with E-state index in [9.17, 15) is 19.5 Å². The molecule has 2 aromatic carbocycles. The summed E-state index contributed by atoms with van der Waals surface area (Å²) in [7, 11) is 1.52. The Morgan fingerprint density at radius 1 is 1.15 bits per heavy atom. The van der Waals surface area contributed by atoms with Gasteiger partial charge in [-0.15, -0.1) is 0 Å². The van der Waals surface area contributed by atoms with Gasteiger partial charge in [0.15, 0.2) is 5.69 Å². The molecule has 0 aliphatic heterocycles. The van der Waals surface area contributed by atoms with Crippen molar-refractivity contribution in [1.82, 2.24) is 9.88 Å². The number of benzene rings is 2. The Morgan fingerprint density at radius 2 is 1.82 bits per heavy atom. The number of carbonyl (C=O) groups is 2. The van der Waals surface area contributed by atoms with Gasteiger partial charge in [0, 0.05) is 23.8 Å². The van der Waals surface area contributed by atoms with E-state index in [1.54, 1.807) is 26.0 Å². The number of esters is 1. The van der Waals surface area contributed by atoms with Crippen molar-refractivity contribution in [3.63, 3.8) is 0 Å². The lowest BCUT2D eigenvalue weighted by Crippen LogP contribution is -2.36. The van der Waals surface area contributed by atoms with Gasteiger partial charge in [-0.25, -0.2) is 4.79 Å². The summed E-state index contributed by atoms with van der Waals surface area (Å²) in [6, 6.07) is 13.2. The maximum Gasteiger partial charge on any atom is 0.319 e. The number of amides is 2. The summed E-state index contributed by atoms with van der Waals surface area (Å²) in [5.41, 5.74) is 1.99. The third kappa shape index (κ3) is 5.96. The standard InChI is InChI=1S/C25H26ClN3O5/c1-4-34-21(30)13-20(18-9-5-7-16(11-18)17-8-6-10-19(26)12-17)27-25(33)28-22-23(31)15(2)14-29(3)24(22)32/h5-12,14,20,31H,4,13H2,1-3H3,(H2,27,28,33)/t20-/m0/s1. The first-order chi connectivity index (χ1) is 16.2. The molecule has 0 spiro atoms. The zero-order valence-electron chi connectivity index (χ0n) is 19.1. The predicted octanol–water partition coefficient (Wildman–Crippen LogP) is 4.54. The lowest BCUT2D eigenvalue weighted by atomic mass is 9.98. The van der Waals surface area contributed by atoms with Gasteiger partial charge in [0.25, 0.3) is 5.56 Å². The minimum absolute atomic E-state index is 0.127. The normalized spacial score (nSPS) is 11.5. The molecule has 0 unspecified atom stereocenters. The molecule has 3 N–H and O–H groups in total. The molecule has 1 heterocycles. The number of halogens is 1. The van der Waals surface area contributed by atoms with Crippen molar-refractivity contribution >= 4 is 29.3 Å². The monoisotopic (exact) mass is 483 g/mol. The third-order valence-corrected chi connectivity index (χ3v) is 5.43. The van der Waals surface area contributed by atoms with Gasteiger partial charge in [-0.05, 0) is 48.7 Å². The van der Waals surface area contributed by atoms with Gasteiger partial charge in [-0.1, -0.05) is 41.9 Å². The molecule has 0 fully saturated rings. The van der Waals surface area contributed by atoms with Crippen LogP contribution in [-0.4, -0.2) is 28.3 Å². The van der Waals surface area contributed by atoms with Gasteiger partial charge in [0.05, 0.1) is 19.1 Å². The highest BCUT2D eigenvalue weighted by Gasteiger charge is 2.22. The topological polar surface area (TPSA) is 110 Å². The van der Waals surface area contributed by atoms with Crippen LogP contribution in [0.4, 0.5) is 10.5 Å². The van der Waals surface area contributed by atoms with Gasteiger partial charge in [0.1, 0.15) is 5.75 Å². The maximum atomic E-state index is 12.8. The van der Waals surface area contributed by atoms with Gasteiger partial charge in [0.2, 0.25) is 0 Å². The first kappa shape index (κ1) is 24.9. The molecule has 1 aromatic heterocycles. The highest BCUT2D eigenvalue weighted by molar-refractivity contribution is 6.30. The number of aromatic nitrogens is 1. The third-order valence-electron chi connectivity index (χ3n) is 5.20. The predicted molar refractivity (Wildman–Crippen MR) is 131 cm³/mol. The van der Waals surface area contributed by atoms with Crippen LogP contribution in [-0.2, 0) is 16.6 Å². The minimum Gasteiger partial charge on any atom is -0.505 e. The smallest absolute Gasteiger partial charge is 0.319 e. The van der Waals surface area contributed by atoms with Crippen LogP contribution in [0.5, 0.6) is 5.75 Å². The first-order valence-corrected chi connectivity index (χ1v) is 11.1. The summed E-state index contributed by atoms with van der Waals surface area (Å²) in [4.78, 5) is 37.5. The van der Waals surface area contributed by atoms with Crippen molar-refractivity contribution in [2.24, 2.45) is 7.05 Å². The number of hydrogen-bond acceptors (Lipinski definition) is 5. The molecule has 0 aliphatic carbocycles. The van der Waals surface area contributed by atoms with Gasteiger partial charge in [-0.3, -0.25) is 9.59 Å². The van der Waals surface area contributed by atoms with Crippen LogP contribution >= 0.6 is 11.6 Å². The van der Waals surface area contributed by atoms with Crippen molar-refractivity contribution < 1.29 is 19.4 Å². The van der Waals surface area contributed by atoms with E-state index in [0.717, 1.165) is 11.1 Å². The summed E-state index contributed by atoms with van der Waals surface area (Å²) < 4.78 is 6.33. The van der Waals surface area contributed by atoms with E-state index in [2.05, 4.69) is 10.6 Å². The van der Waals surface area contributed by atoms with Crippen molar-refractivity contribution in [3.8, 4) is 16.9 Å². The summed E-state index contributed by atoms with van der Waals surface area (Å²) >= 11 is 6.12. The molecule has 1 atom stereocenters. The highest BCUT2D eigenvalue weighted by atomic mass is 35.5. The summed E-state index contributed by atoms with van der Waals surface area (Å²) in [6.07, 6.45) is 1.34. The Morgan fingerprint density at radius 3 is 2.50 bits per heavy atom. The second-order valence-electron chi connectivity index (χ2n) is 7.75. The Bertz CT molecular complexity index is 1270. The molecule has 9 heteroatoms. The van der Waals surface area contributed by atoms with Gasteiger partial charge in [-0.2, -0.15) is 0 Å². The Labute approximate surface area is 202 Å². The second kappa shape index (κ2) is 10.9. The molecule has 0 bridgehead atoms. The number of nitrogens with zero attached hydrogens (tertiary/aromatic N) is 1. The molecule has 34 heavy (non-hydrogen) atoms. The number of anilines is 1. The molecule has 0 aliphatic rings. The fourth-order valence-corrected chi connectivity index (χ4v) is 3.74. The zero-order valence-corrected chi connectivity index (χ0v) is 19.8. The fourth-order valence-electron chi connectivity index (χ4n) is 3.55. The zero-order chi connectivity index (χ0) is 24.8. The van der Waals surface area contributed by atoms with E-state index in [1.807, 2.05) is 36.4 Å². The number of nitrogens with one attached hydrogen (secondary N) is 2. The number of rotatable bonds is 7. The quantitative estimate of drug-likeness (QED) is 0.427. The van der Waals surface area contributed by atoms with Gasteiger partial charge < -0.3 is 25.0 Å². The van der Waals surface area contributed by atoms with Crippen molar-refractivity contribution in [1.29, 1.82) is 0 Å². The highest BCUT2D eigenvalue weighted by Crippen LogP contribution is 2.27. The number of carbonyl (C=O) groups excluding carboxylic acids is 2. The van der Waals surface area contributed by atoms with Crippen LogP contribution in [0.25, 0.3) is 11.1 Å². The van der Waals surface area contributed by atoms with Crippen LogP contribution in [0.15, 0.2) is 59.5 Å². The number of pyridine rings is 1. The lowest BCUT2D eigenvalue weighted by molar-refractivity contribution is -0.143. The van der Waals surface area contributed by atoms with Crippen molar-refractivity contribution in [2.75, 3.05) is 11.9 Å². The van der Waals surface area contributed by atoms with Crippen LogP contribution in [0.2, 0.25) is 5.02 Å². The van der Waals surface area contributed by atoms with Crippen molar-refractivity contribution in [3.05, 3.63) is 81.2 Å². The molecule has 178 valence electrons. The van der Waals surface area contributed by atoms with Crippen molar-refractivity contribution in [2.45, 2.75) is 26.3 Å². The molecule has 2 amide bonds. The maximum absolute atomic E-state index is 12.8. The number of ether oxygens (including phenoxy) is 1. The molecule has 3 rings (SSSR count). The van der Waals surface area contributed by atoms with Crippen LogP contribution in [0, 0.1) is 6.92 Å². The van der Waals surface area contributed by atoms with Crippen LogP contribution in [0.3, 0.4) is 0 Å². The summed E-state index contributed by atoms with van der Waals surface area (Å²) in [5.74, 6) is -0.807. The SMILES string of the molecule is CCOC(=O)C[C@H](NC(=O)Nc1c(O)c(C)cn(C)c1=O)c1cccc(-c2cccc(Cl)c2)c1. The lowest BCUT2D eigenvalue weighted by Gasteiger charge is -2.20. The molecular weight excluding hydrogens is 458 g/mol. The Balaban J connectivity index is 1.90. The van der Waals surface area contributed by atoms with E-state index >= 15 is 0 Å². The molecule has 3 aromatic rings. The van der Waals surface area contributed by atoms with Crippen LogP contribution in [0.1, 0.15) is 30.5 Å². The molecular formula is C25H26ClN3O5. The van der Waals surface area contributed by atoms with E-state index < -0.39 is 23.6 Å². The van der Waals surface area contributed by atoms with Gasteiger partial charge >= 0.3 is 12.0 Å². The summed E-state index contributed by atoms with van der Waals surface area (Å²) in [6.45, 7) is 3.51.